The molecule has 1 saturated heterocycles. The predicted octanol–water partition coefficient (Wildman–Crippen LogP) is 5.50. The van der Waals surface area contributed by atoms with Crippen LogP contribution in [0.2, 0.25) is 0 Å². The van der Waals surface area contributed by atoms with Gasteiger partial charge in [-0.25, -0.2) is 4.79 Å². The molecule has 4 heteroatoms. The fourth-order valence-corrected chi connectivity index (χ4v) is 4.01. The van der Waals surface area contributed by atoms with Crippen molar-refractivity contribution in [3.8, 4) is 0 Å². The van der Waals surface area contributed by atoms with E-state index < -0.39 is 5.97 Å². The third-order valence-electron chi connectivity index (χ3n) is 5.69. The molecule has 1 aromatic carbocycles. The van der Waals surface area contributed by atoms with Crippen molar-refractivity contribution < 1.29 is 14.7 Å². The van der Waals surface area contributed by atoms with Gasteiger partial charge in [0, 0.05) is 18.7 Å². The monoisotopic (exact) mass is 405 g/mol. The first kappa shape index (κ1) is 21.8. The number of nitrogens with zero attached hydrogens (tertiary/aromatic N) is 1. The smallest absolute Gasteiger partial charge is 0.335 e. The van der Waals surface area contributed by atoms with Gasteiger partial charge in [-0.3, -0.25) is 4.79 Å². The van der Waals surface area contributed by atoms with E-state index in [1.54, 1.807) is 12.2 Å². The summed E-state index contributed by atoms with van der Waals surface area (Å²) in [7, 11) is 0. The van der Waals surface area contributed by atoms with Gasteiger partial charge in [0.2, 0.25) is 5.91 Å². The lowest BCUT2D eigenvalue weighted by Crippen LogP contribution is -2.24. The van der Waals surface area contributed by atoms with E-state index in [0.717, 1.165) is 49.8 Å². The second-order valence-electron chi connectivity index (χ2n) is 8.04. The summed E-state index contributed by atoms with van der Waals surface area (Å²) in [5.74, 6) is -0.702. The molecular formula is C26H31NO3. The van der Waals surface area contributed by atoms with Gasteiger partial charge >= 0.3 is 5.97 Å². The van der Waals surface area contributed by atoms with Crippen LogP contribution in [0, 0.1) is 6.92 Å². The highest BCUT2D eigenvalue weighted by atomic mass is 16.4. The third kappa shape index (κ3) is 6.31. The zero-order valence-corrected chi connectivity index (χ0v) is 17.8. The van der Waals surface area contributed by atoms with Crippen LogP contribution in [-0.2, 0) is 16.0 Å². The van der Waals surface area contributed by atoms with Crippen LogP contribution in [-0.4, -0.2) is 28.4 Å². The molecule has 30 heavy (non-hydrogen) atoms. The van der Waals surface area contributed by atoms with Crippen molar-refractivity contribution in [1.29, 1.82) is 0 Å². The number of carboxylic acid groups (broad SMARTS) is 1. The Morgan fingerprint density at radius 1 is 1.13 bits per heavy atom. The van der Waals surface area contributed by atoms with E-state index in [-0.39, 0.29) is 5.91 Å². The van der Waals surface area contributed by atoms with Gasteiger partial charge in [-0.1, -0.05) is 54.1 Å². The largest absolute Gasteiger partial charge is 0.478 e. The second kappa shape index (κ2) is 10.8. The Balaban J connectivity index is 1.46. The minimum absolute atomic E-state index is 0.198. The number of unbranched alkanes of at least 4 members (excludes halogenated alkanes) is 2. The summed E-state index contributed by atoms with van der Waals surface area (Å²) < 4.78 is 0. The molecule has 4 nitrogen and oxygen atoms in total. The minimum atomic E-state index is -0.900. The Hall–Kier alpha value is -2.88. The van der Waals surface area contributed by atoms with Gasteiger partial charge in [-0.15, -0.1) is 0 Å². The fourth-order valence-electron chi connectivity index (χ4n) is 4.01. The second-order valence-corrected chi connectivity index (χ2v) is 8.04. The number of carboxylic acids is 1. The van der Waals surface area contributed by atoms with E-state index in [1.807, 2.05) is 17.1 Å². The fraction of sp³-hybridized carbons (Fsp3) is 0.385. The van der Waals surface area contributed by atoms with Crippen molar-refractivity contribution in [2.24, 2.45) is 0 Å². The number of hydrogen-bond donors (Lipinski definition) is 1. The average molecular weight is 406 g/mol. The molecule has 0 bridgehead atoms. The Morgan fingerprint density at radius 3 is 2.80 bits per heavy atom. The van der Waals surface area contributed by atoms with Crippen LogP contribution in [0.15, 0.2) is 71.5 Å². The quantitative estimate of drug-likeness (QED) is 0.552. The molecule has 1 aromatic rings. The van der Waals surface area contributed by atoms with Crippen LogP contribution in [0.5, 0.6) is 0 Å². The van der Waals surface area contributed by atoms with E-state index in [0.29, 0.717) is 25.0 Å². The first-order valence-corrected chi connectivity index (χ1v) is 10.9. The number of rotatable bonds is 9. The summed E-state index contributed by atoms with van der Waals surface area (Å²) in [4.78, 5) is 25.4. The van der Waals surface area contributed by atoms with Gasteiger partial charge in [0.1, 0.15) is 0 Å². The molecule has 0 spiro atoms. The SMILES string of the molecule is Cc1cccc(CCCC/C=C2/CCC(=O)N2CCC2=CCC=C(C(=O)O)C=C2)c1. The van der Waals surface area contributed by atoms with E-state index in [1.165, 1.54) is 11.1 Å². The van der Waals surface area contributed by atoms with E-state index in [4.69, 9.17) is 5.11 Å². The van der Waals surface area contributed by atoms with Crippen molar-refractivity contribution >= 4 is 11.9 Å². The van der Waals surface area contributed by atoms with Crippen molar-refractivity contribution in [2.45, 2.75) is 58.3 Å². The summed E-state index contributed by atoms with van der Waals surface area (Å²) in [6.07, 6.45) is 16.7. The van der Waals surface area contributed by atoms with E-state index in [2.05, 4.69) is 37.3 Å². The van der Waals surface area contributed by atoms with Crippen LogP contribution in [0.1, 0.15) is 56.1 Å². The number of carbonyl (C=O) groups is 2. The van der Waals surface area contributed by atoms with Crippen LogP contribution in [0.25, 0.3) is 0 Å². The number of amides is 1. The number of aryl methyl sites for hydroxylation is 2. The van der Waals surface area contributed by atoms with Crippen LogP contribution in [0.3, 0.4) is 0 Å². The molecule has 2 aliphatic rings. The molecule has 0 saturated carbocycles. The van der Waals surface area contributed by atoms with E-state index >= 15 is 0 Å². The Bertz CT molecular complexity index is 905. The van der Waals surface area contributed by atoms with Gasteiger partial charge in [0.15, 0.2) is 0 Å². The molecule has 1 aliphatic carbocycles. The molecule has 0 unspecified atom stereocenters. The lowest BCUT2D eigenvalue weighted by Gasteiger charge is -2.18. The first-order valence-electron chi connectivity index (χ1n) is 10.9. The highest BCUT2D eigenvalue weighted by molar-refractivity contribution is 5.90. The maximum atomic E-state index is 12.3. The molecule has 1 aliphatic heterocycles. The summed E-state index contributed by atoms with van der Waals surface area (Å²) in [6, 6.07) is 8.68. The number of likely N-dealkylation sites (tertiary alicyclic amines) is 1. The van der Waals surface area contributed by atoms with Gasteiger partial charge in [-0.05, 0) is 69.1 Å². The van der Waals surface area contributed by atoms with Crippen molar-refractivity contribution in [3.63, 3.8) is 0 Å². The van der Waals surface area contributed by atoms with Gasteiger partial charge in [0.25, 0.3) is 0 Å². The molecular weight excluding hydrogens is 374 g/mol. The number of allylic oxidation sites excluding steroid dienone is 5. The predicted molar refractivity (Wildman–Crippen MR) is 120 cm³/mol. The number of aliphatic carboxylic acids is 1. The molecule has 3 rings (SSSR count). The van der Waals surface area contributed by atoms with Gasteiger partial charge in [0.05, 0.1) is 5.57 Å². The average Bonchev–Trinajstić information content (AvgIpc) is 2.91. The highest BCUT2D eigenvalue weighted by Gasteiger charge is 2.24. The molecule has 0 aromatic heterocycles. The lowest BCUT2D eigenvalue weighted by molar-refractivity contribution is -0.132. The summed E-state index contributed by atoms with van der Waals surface area (Å²) in [5, 5.41) is 9.12. The molecule has 1 fully saturated rings. The number of hydrogen-bond acceptors (Lipinski definition) is 2. The van der Waals surface area contributed by atoms with Gasteiger partial charge < -0.3 is 10.0 Å². The van der Waals surface area contributed by atoms with Gasteiger partial charge in [-0.2, -0.15) is 0 Å². The third-order valence-corrected chi connectivity index (χ3v) is 5.69. The maximum Gasteiger partial charge on any atom is 0.335 e. The summed E-state index contributed by atoms with van der Waals surface area (Å²) >= 11 is 0. The standard InChI is InChI=1S/C26H31NO3/c1-20-7-5-10-22(19-20)8-3-2-4-12-24-15-16-25(28)27(24)18-17-21-9-6-11-23(14-13-21)26(29)30/h5,7,9-14,19H,2-4,6,8,15-18H2,1H3,(H,29,30)/b24-12-. The zero-order valence-electron chi connectivity index (χ0n) is 17.8. The minimum Gasteiger partial charge on any atom is -0.478 e. The molecule has 0 radical (unpaired) electrons. The van der Waals surface area contributed by atoms with Crippen molar-refractivity contribution in [3.05, 3.63) is 82.6 Å². The Morgan fingerprint density at radius 2 is 2.00 bits per heavy atom. The van der Waals surface area contributed by atoms with E-state index in [9.17, 15) is 9.59 Å². The molecule has 158 valence electrons. The maximum absolute atomic E-state index is 12.3. The lowest BCUT2D eigenvalue weighted by atomic mass is 10.0. The Kier molecular flexibility index (Phi) is 7.83. The summed E-state index contributed by atoms with van der Waals surface area (Å²) in [5.41, 5.74) is 5.26. The van der Waals surface area contributed by atoms with Crippen LogP contribution >= 0.6 is 0 Å². The molecule has 1 amide bonds. The first-order chi connectivity index (χ1) is 14.5. The molecule has 1 heterocycles. The van der Waals surface area contributed by atoms with Crippen molar-refractivity contribution in [2.75, 3.05) is 6.54 Å². The zero-order chi connectivity index (χ0) is 21.3. The van der Waals surface area contributed by atoms with Crippen LogP contribution < -0.4 is 0 Å². The normalized spacial score (nSPS) is 17.8. The molecule has 1 N–H and O–H groups in total. The number of carbonyl (C=O) groups excluding carboxylic acids is 1. The molecule has 0 atom stereocenters. The van der Waals surface area contributed by atoms with Crippen LogP contribution in [0.4, 0.5) is 0 Å². The Labute approximate surface area is 179 Å². The summed E-state index contributed by atoms with van der Waals surface area (Å²) in [6.45, 7) is 2.79. The topological polar surface area (TPSA) is 57.6 Å². The highest BCUT2D eigenvalue weighted by Crippen LogP contribution is 2.25. The van der Waals surface area contributed by atoms with Crippen molar-refractivity contribution in [1.82, 2.24) is 4.90 Å². The number of benzene rings is 1.